The van der Waals surface area contributed by atoms with Crippen LogP contribution >= 0.6 is 0 Å². The Morgan fingerprint density at radius 1 is 1.21 bits per heavy atom. The van der Waals surface area contributed by atoms with Gasteiger partial charge < -0.3 is 10.1 Å². The van der Waals surface area contributed by atoms with Gasteiger partial charge in [0.15, 0.2) is 0 Å². The van der Waals surface area contributed by atoms with Crippen LogP contribution in [0, 0.1) is 10.8 Å². The Bertz CT molecular complexity index is 192. The predicted octanol–water partition coefficient (Wildman–Crippen LogP) is 1.82. The summed E-state index contributed by atoms with van der Waals surface area (Å²) in [5, 5.41) is 3.11. The number of carbonyl (C=O) groups excluding carboxylic acids is 1. The molecule has 0 aromatic rings. The summed E-state index contributed by atoms with van der Waals surface area (Å²) in [6.45, 7) is 12.1. The van der Waals surface area contributed by atoms with Crippen molar-refractivity contribution in [1.82, 2.24) is 5.32 Å². The van der Waals surface area contributed by atoms with Crippen LogP contribution in [-0.4, -0.2) is 26.2 Å². The lowest BCUT2D eigenvalue weighted by Gasteiger charge is -2.39. The number of rotatable bonds is 4. The van der Waals surface area contributed by atoms with Crippen LogP contribution in [0.4, 0.5) is 0 Å². The smallest absolute Gasteiger partial charge is 0.319 e. The fourth-order valence-electron chi connectivity index (χ4n) is 0.814. The predicted molar refractivity (Wildman–Crippen MR) is 58.1 cm³/mol. The molecule has 0 aliphatic heterocycles. The number of esters is 1. The highest BCUT2D eigenvalue weighted by Gasteiger charge is 2.32. The van der Waals surface area contributed by atoms with Crippen LogP contribution in [-0.2, 0) is 9.53 Å². The van der Waals surface area contributed by atoms with Gasteiger partial charge in [-0.1, -0.05) is 34.6 Å². The third kappa shape index (κ3) is 4.09. The van der Waals surface area contributed by atoms with Crippen molar-refractivity contribution in [3.8, 4) is 0 Å². The molecule has 0 atom stereocenters. The molecule has 3 heteroatoms. The number of hydrogen-bond donors (Lipinski definition) is 1. The molecule has 0 amide bonds. The van der Waals surface area contributed by atoms with Crippen molar-refractivity contribution in [2.24, 2.45) is 10.8 Å². The Labute approximate surface area is 87.2 Å². The van der Waals surface area contributed by atoms with Gasteiger partial charge in [0, 0.05) is 6.54 Å². The third-order valence-corrected chi connectivity index (χ3v) is 3.09. The Morgan fingerprint density at radius 3 is 2.07 bits per heavy atom. The van der Waals surface area contributed by atoms with Gasteiger partial charge in [-0.2, -0.15) is 0 Å². The molecular weight excluding hydrogens is 178 g/mol. The van der Waals surface area contributed by atoms with Crippen molar-refractivity contribution in [1.29, 1.82) is 0 Å². The maximum absolute atomic E-state index is 10.9. The number of ether oxygens (including phenoxy) is 1. The minimum absolute atomic E-state index is 0.154. The molecule has 0 aromatic carbocycles. The van der Waals surface area contributed by atoms with Gasteiger partial charge in [0.2, 0.25) is 0 Å². The lowest BCUT2D eigenvalue weighted by Crippen LogP contribution is -2.41. The Hall–Kier alpha value is -0.570. The fraction of sp³-hybridized carbons (Fsp3) is 0.909. The molecule has 0 rings (SSSR count). The van der Waals surface area contributed by atoms with Crippen molar-refractivity contribution in [3.05, 3.63) is 0 Å². The molecule has 0 aliphatic carbocycles. The second-order valence-corrected chi connectivity index (χ2v) is 5.31. The minimum atomic E-state index is -0.213. The molecule has 0 unspecified atom stereocenters. The van der Waals surface area contributed by atoms with E-state index in [-0.39, 0.29) is 23.3 Å². The van der Waals surface area contributed by atoms with E-state index in [9.17, 15) is 4.79 Å². The van der Waals surface area contributed by atoms with Crippen LogP contribution < -0.4 is 5.32 Å². The molecule has 0 aliphatic rings. The van der Waals surface area contributed by atoms with Crippen LogP contribution in [0.2, 0.25) is 0 Å². The van der Waals surface area contributed by atoms with E-state index in [4.69, 9.17) is 0 Å². The van der Waals surface area contributed by atoms with Gasteiger partial charge in [-0.3, -0.25) is 4.79 Å². The van der Waals surface area contributed by atoms with E-state index in [1.807, 2.05) is 0 Å². The van der Waals surface area contributed by atoms with E-state index < -0.39 is 0 Å². The highest BCUT2D eigenvalue weighted by molar-refractivity contribution is 5.71. The van der Waals surface area contributed by atoms with Crippen LogP contribution in [0.3, 0.4) is 0 Å². The first kappa shape index (κ1) is 13.4. The van der Waals surface area contributed by atoms with Crippen molar-refractivity contribution in [2.75, 3.05) is 20.2 Å². The molecule has 0 spiro atoms. The Morgan fingerprint density at radius 2 is 1.71 bits per heavy atom. The number of methoxy groups -OCH3 is 1. The molecule has 3 nitrogen and oxygen atoms in total. The molecule has 0 fully saturated rings. The summed E-state index contributed by atoms with van der Waals surface area (Å²) < 4.78 is 4.55. The second kappa shape index (κ2) is 4.78. The van der Waals surface area contributed by atoms with E-state index in [0.29, 0.717) is 0 Å². The number of nitrogens with one attached hydrogen (secondary N) is 1. The first-order chi connectivity index (χ1) is 6.20. The normalized spacial score (nSPS) is 12.7. The van der Waals surface area contributed by atoms with Crippen LogP contribution in [0.25, 0.3) is 0 Å². The zero-order valence-corrected chi connectivity index (χ0v) is 10.2. The highest BCUT2D eigenvalue weighted by Crippen LogP contribution is 2.36. The van der Waals surface area contributed by atoms with Crippen LogP contribution in [0.15, 0.2) is 0 Å². The van der Waals surface area contributed by atoms with Gasteiger partial charge in [0.1, 0.15) is 0 Å². The van der Waals surface area contributed by atoms with Gasteiger partial charge in [-0.05, 0) is 10.8 Å². The van der Waals surface area contributed by atoms with Crippen molar-refractivity contribution >= 4 is 5.97 Å². The topological polar surface area (TPSA) is 38.3 Å². The first-order valence-electron chi connectivity index (χ1n) is 4.98. The van der Waals surface area contributed by atoms with Gasteiger partial charge in [-0.25, -0.2) is 0 Å². The zero-order valence-electron chi connectivity index (χ0n) is 10.2. The first-order valence-corrected chi connectivity index (χ1v) is 4.98. The molecule has 0 radical (unpaired) electrons. The van der Waals surface area contributed by atoms with Crippen molar-refractivity contribution < 1.29 is 9.53 Å². The van der Waals surface area contributed by atoms with E-state index in [1.165, 1.54) is 7.11 Å². The Kier molecular flexibility index (Phi) is 4.59. The van der Waals surface area contributed by atoms with Gasteiger partial charge in [0.05, 0.1) is 13.7 Å². The zero-order chi connectivity index (χ0) is 11.4. The lowest BCUT2D eigenvalue weighted by molar-refractivity contribution is -0.139. The molecule has 0 heterocycles. The number of carbonyl (C=O) groups is 1. The molecule has 84 valence electrons. The number of hydrogen-bond acceptors (Lipinski definition) is 3. The molecule has 0 saturated heterocycles. The summed E-state index contributed by atoms with van der Waals surface area (Å²) in [6, 6.07) is 0. The molecule has 0 aromatic heterocycles. The van der Waals surface area contributed by atoms with Crippen LogP contribution in [0.5, 0.6) is 0 Å². The maximum Gasteiger partial charge on any atom is 0.319 e. The van der Waals surface area contributed by atoms with Gasteiger partial charge in [-0.15, -0.1) is 0 Å². The van der Waals surface area contributed by atoms with E-state index in [1.54, 1.807) is 0 Å². The average molecular weight is 201 g/mol. The Balaban J connectivity index is 3.95. The summed E-state index contributed by atoms with van der Waals surface area (Å²) in [5.41, 5.74) is 0.372. The van der Waals surface area contributed by atoms with E-state index >= 15 is 0 Å². The van der Waals surface area contributed by atoms with E-state index in [2.05, 4.69) is 44.7 Å². The average Bonchev–Trinajstić information content (AvgIpc) is 2.01. The highest BCUT2D eigenvalue weighted by atomic mass is 16.5. The fourth-order valence-corrected chi connectivity index (χ4v) is 0.814. The molecule has 0 bridgehead atoms. The summed E-state index contributed by atoms with van der Waals surface area (Å²) in [7, 11) is 1.40. The van der Waals surface area contributed by atoms with Gasteiger partial charge >= 0.3 is 5.97 Å². The standard InChI is InChI=1S/C11H23NO2/c1-10(2,3)11(4,5)8-12-7-9(13)14-6/h12H,7-8H2,1-6H3. The summed E-state index contributed by atoms with van der Waals surface area (Å²) in [6.07, 6.45) is 0. The maximum atomic E-state index is 10.9. The summed E-state index contributed by atoms with van der Waals surface area (Å²) >= 11 is 0. The van der Waals surface area contributed by atoms with Crippen molar-refractivity contribution in [2.45, 2.75) is 34.6 Å². The van der Waals surface area contributed by atoms with Gasteiger partial charge in [0.25, 0.3) is 0 Å². The molecular formula is C11H23NO2. The minimum Gasteiger partial charge on any atom is -0.468 e. The lowest BCUT2D eigenvalue weighted by atomic mass is 9.69. The SMILES string of the molecule is COC(=O)CNCC(C)(C)C(C)(C)C. The third-order valence-electron chi connectivity index (χ3n) is 3.09. The second-order valence-electron chi connectivity index (χ2n) is 5.31. The quantitative estimate of drug-likeness (QED) is 0.705. The summed E-state index contributed by atoms with van der Waals surface area (Å²) in [5.74, 6) is -0.213. The van der Waals surface area contributed by atoms with E-state index in [0.717, 1.165) is 6.54 Å². The molecule has 1 N–H and O–H groups in total. The summed E-state index contributed by atoms with van der Waals surface area (Å²) in [4.78, 5) is 10.9. The monoisotopic (exact) mass is 201 g/mol. The molecule has 0 saturated carbocycles. The van der Waals surface area contributed by atoms with Crippen molar-refractivity contribution in [3.63, 3.8) is 0 Å². The van der Waals surface area contributed by atoms with Crippen LogP contribution in [0.1, 0.15) is 34.6 Å². The molecule has 14 heavy (non-hydrogen) atoms. The largest absolute Gasteiger partial charge is 0.468 e.